The highest BCUT2D eigenvalue weighted by Crippen LogP contribution is 2.31. The SMILES string of the molecule is O=C1C=C2N(C1)CC(=O)N2c1cccc(O)c1. The predicted octanol–water partition coefficient (Wildman–Crippen LogP) is 0.465. The fraction of sp³-hybridized carbons (Fsp3) is 0.167. The second-order valence-electron chi connectivity index (χ2n) is 4.07. The third-order valence-corrected chi connectivity index (χ3v) is 2.85. The zero-order valence-electron chi connectivity index (χ0n) is 8.96. The van der Waals surface area contributed by atoms with Crippen LogP contribution in [-0.2, 0) is 9.59 Å². The van der Waals surface area contributed by atoms with Gasteiger partial charge in [-0.25, -0.2) is 0 Å². The summed E-state index contributed by atoms with van der Waals surface area (Å²) in [6.45, 7) is 0.476. The van der Waals surface area contributed by atoms with Crippen LogP contribution in [0.5, 0.6) is 5.75 Å². The van der Waals surface area contributed by atoms with Gasteiger partial charge in [0.2, 0.25) is 0 Å². The zero-order chi connectivity index (χ0) is 12.0. The van der Waals surface area contributed by atoms with Crippen molar-refractivity contribution in [3.63, 3.8) is 0 Å². The number of phenolic OH excluding ortho intramolecular Hbond substituents is 1. The summed E-state index contributed by atoms with van der Waals surface area (Å²) >= 11 is 0. The number of amides is 1. The van der Waals surface area contributed by atoms with Gasteiger partial charge in [-0.05, 0) is 12.1 Å². The summed E-state index contributed by atoms with van der Waals surface area (Å²) in [7, 11) is 0. The number of carbonyl (C=O) groups is 2. The molecule has 1 saturated heterocycles. The topological polar surface area (TPSA) is 60.9 Å². The average Bonchev–Trinajstić information content (AvgIpc) is 2.72. The standard InChI is InChI=1S/C12H10N2O3/c15-9-3-1-2-8(4-9)14-11-5-10(16)6-13(11)7-12(14)17/h1-5,15H,6-7H2. The third-order valence-electron chi connectivity index (χ3n) is 2.85. The fourth-order valence-corrected chi connectivity index (χ4v) is 2.16. The van der Waals surface area contributed by atoms with Crippen molar-refractivity contribution in [1.82, 2.24) is 4.90 Å². The van der Waals surface area contributed by atoms with E-state index in [0.29, 0.717) is 11.5 Å². The Labute approximate surface area is 97.6 Å². The molecule has 2 aliphatic heterocycles. The van der Waals surface area contributed by atoms with Gasteiger partial charge in [0.15, 0.2) is 5.78 Å². The van der Waals surface area contributed by atoms with Crippen LogP contribution in [0.3, 0.4) is 0 Å². The second kappa shape index (κ2) is 3.35. The summed E-state index contributed by atoms with van der Waals surface area (Å²) in [5.74, 6) is 0.608. The molecule has 0 unspecified atom stereocenters. The normalized spacial score (nSPS) is 18.7. The molecule has 0 saturated carbocycles. The first-order chi connectivity index (χ1) is 8.15. The van der Waals surface area contributed by atoms with E-state index in [1.54, 1.807) is 17.0 Å². The van der Waals surface area contributed by atoms with E-state index in [1.807, 2.05) is 0 Å². The lowest BCUT2D eigenvalue weighted by Crippen LogP contribution is -2.23. The Morgan fingerprint density at radius 3 is 2.76 bits per heavy atom. The van der Waals surface area contributed by atoms with Crippen LogP contribution in [0.4, 0.5) is 5.69 Å². The van der Waals surface area contributed by atoms with Crippen molar-refractivity contribution in [2.45, 2.75) is 0 Å². The molecule has 17 heavy (non-hydrogen) atoms. The minimum absolute atomic E-state index is 0.00217. The van der Waals surface area contributed by atoms with Crippen molar-refractivity contribution in [2.75, 3.05) is 18.0 Å². The molecule has 0 aromatic heterocycles. The van der Waals surface area contributed by atoms with Crippen LogP contribution in [0.15, 0.2) is 36.2 Å². The van der Waals surface area contributed by atoms with Crippen LogP contribution >= 0.6 is 0 Å². The number of phenols is 1. The minimum atomic E-state index is -0.0886. The second-order valence-corrected chi connectivity index (χ2v) is 4.07. The molecular weight excluding hydrogens is 220 g/mol. The lowest BCUT2D eigenvalue weighted by molar-refractivity contribution is -0.117. The van der Waals surface area contributed by atoms with Gasteiger partial charge >= 0.3 is 0 Å². The summed E-state index contributed by atoms with van der Waals surface area (Å²) in [5, 5.41) is 9.41. The highest BCUT2D eigenvalue weighted by Gasteiger charge is 2.38. The van der Waals surface area contributed by atoms with Gasteiger partial charge in [-0.15, -0.1) is 0 Å². The number of nitrogens with zero attached hydrogens (tertiary/aromatic N) is 2. The first kappa shape index (κ1) is 9.89. The molecule has 3 rings (SSSR count). The van der Waals surface area contributed by atoms with Gasteiger partial charge in [-0.3, -0.25) is 14.5 Å². The molecule has 0 spiro atoms. The molecule has 1 aromatic carbocycles. The molecule has 0 bridgehead atoms. The molecule has 2 heterocycles. The Morgan fingerprint density at radius 2 is 2.00 bits per heavy atom. The van der Waals surface area contributed by atoms with E-state index < -0.39 is 0 Å². The Balaban J connectivity index is 2.05. The lowest BCUT2D eigenvalue weighted by atomic mass is 10.2. The summed E-state index contributed by atoms with van der Waals surface area (Å²) in [6.07, 6.45) is 1.47. The average molecular weight is 230 g/mol. The number of ketones is 1. The van der Waals surface area contributed by atoms with Crippen LogP contribution in [0, 0.1) is 0 Å². The van der Waals surface area contributed by atoms with Crippen molar-refractivity contribution >= 4 is 17.4 Å². The van der Waals surface area contributed by atoms with Crippen molar-refractivity contribution < 1.29 is 14.7 Å². The first-order valence-corrected chi connectivity index (χ1v) is 5.26. The largest absolute Gasteiger partial charge is 0.508 e. The Kier molecular flexibility index (Phi) is 1.95. The molecule has 2 aliphatic rings. The van der Waals surface area contributed by atoms with Crippen LogP contribution in [0.1, 0.15) is 0 Å². The Bertz CT molecular complexity index is 550. The number of carbonyl (C=O) groups excluding carboxylic acids is 2. The van der Waals surface area contributed by atoms with E-state index in [2.05, 4.69) is 0 Å². The molecule has 5 nitrogen and oxygen atoms in total. The summed E-state index contributed by atoms with van der Waals surface area (Å²) in [5.41, 5.74) is 0.582. The Morgan fingerprint density at radius 1 is 1.18 bits per heavy atom. The van der Waals surface area contributed by atoms with E-state index in [0.717, 1.165) is 0 Å². The molecule has 0 atom stereocenters. The van der Waals surface area contributed by atoms with Gasteiger partial charge in [0, 0.05) is 12.1 Å². The summed E-state index contributed by atoms with van der Waals surface area (Å²) < 4.78 is 0. The number of aromatic hydroxyl groups is 1. The van der Waals surface area contributed by atoms with Crippen LogP contribution in [-0.4, -0.2) is 34.8 Å². The Hall–Kier alpha value is -2.30. The number of rotatable bonds is 1. The van der Waals surface area contributed by atoms with Crippen molar-refractivity contribution in [3.05, 3.63) is 36.2 Å². The number of hydrogen-bond donors (Lipinski definition) is 1. The predicted molar refractivity (Wildman–Crippen MR) is 60.3 cm³/mol. The van der Waals surface area contributed by atoms with E-state index in [1.165, 1.54) is 23.1 Å². The van der Waals surface area contributed by atoms with Crippen LogP contribution < -0.4 is 4.90 Å². The van der Waals surface area contributed by atoms with Crippen molar-refractivity contribution in [1.29, 1.82) is 0 Å². The van der Waals surface area contributed by atoms with Gasteiger partial charge < -0.3 is 10.0 Å². The summed E-state index contributed by atoms with van der Waals surface area (Å²) in [6, 6.07) is 6.43. The van der Waals surface area contributed by atoms with E-state index >= 15 is 0 Å². The molecule has 1 aromatic rings. The number of benzene rings is 1. The number of hydrogen-bond acceptors (Lipinski definition) is 4. The quantitative estimate of drug-likeness (QED) is 0.761. The van der Waals surface area contributed by atoms with E-state index in [4.69, 9.17) is 0 Å². The molecule has 1 amide bonds. The monoisotopic (exact) mass is 230 g/mol. The minimum Gasteiger partial charge on any atom is -0.508 e. The fourth-order valence-electron chi connectivity index (χ4n) is 2.16. The molecule has 1 fully saturated rings. The lowest BCUT2D eigenvalue weighted by Gasteiger charge is -2.18. The van der Waals surface area contributed by atoms with Gasteiger partial charge in [-0.2, -0.15) is 0 Å². The van der Waals surface area contributed by atoms with E-state index in [-0.39, 0.29) is 30.5 Å². The van der Waals surface area contributed by atoms with Gasteiger partial charge in [0.05, 0.1) is 18.8 Å². The van der Waals surface area contributed by atoms with Gasteiger partial charge in [0.1, 0.15) is 11.6 Å². The van der Waals surface area contributed by atoms with Crippen molar-refractivity contribution in [3.8, 4) is 5.75 Å². The van der Waals surface area contributed by atoms with Gasteiger partial charge in [0.25, 0.3) is 5.91 Å². The highest BCUT2D eigenvalue weighted by atomic mass is 16.3. The zero-order valence-corrected chi connectivity index (χ0v) is 8.96. The van der Waals surface area contributed by atoms with Crippen LogP contribution in [0.2, 0.25) is 0 Å². The maximum absolute atomic E-state index is 11.9. The molecule has 5 heteroatoms. The molecular formula is C12H10N2O3. The third kappa shape index (κ3) is 1.47. The maximum Gasteiger partial charge on any atom is 0.252 e. The number of anilines is 1. The van der Waals surface area contributed by atoms with Gasteiger partial charge in [-0.1, -0.05) is 6.07 Å². The van der Waals surface area contributed by atoms with Crippen molar-refractivity contribution in [2.24, 2.45) is 0 Å². The van der Waals surface area contributed by atoms with E-state index in [9.17, 15) is 14.7 Å². The summed E-state index contributed by atoms with van der Waals surface area (Å²) in [4.78, 5) is 26.4. The smallest absolute Gasteiger partial charge is 0.252 e. The molecule has 1 N–H and O–H groups in total. The first-order valence-electron chi connectivity index (χ1n) is 5.26. The molecule has 0 aliphatic carbocycles. The maximum atomic E-state index is 11.9. The molecule has 0 radical (unpaired) electrons. The molecule has 86 valence electrons. The number of fused-ring (bicyclic) bond motifs is 1. The highest BCUT2D eigenvalue weighted by molar-refractivity contribution is 6.06. The van der Waals surface area contributed by atoms with Crippen LogP contribution in [0.25, 0.3) is 0 Å².